The molecule has 1 heterocycles. The lowest BCUT2D eigenvalue weighted by Crippen LogP contribution is -2.31. The summed E-state index contributed by atoms with van der Waals surface area (Å²) in [6.45, 7) is 7.41. The predicted molar refractivity (Wildman–Crippen MR) is 115 cm³/mol. The highest BCUT2D eigenvalue weighted by Crippen LogP contribution is 2.32. The van der Waals surface area contributed by atoms with E-state index in [4.69, 9.17) is 11.6 Å². The number of hydrogen-bond acceptors (Lipinski definition) is 4. The molecule has 7 heteroatoms. The third kappa shape index (κ3) is 4.23. The van der Waals surface area contributed by atoms with E-state index in [1.807, 2.05) is 78.8 Å². The van der Waals surface area contributed by atoms with Crippen molar-refractivity contribution in [1.29, 1.82) is 0 Å². The molecule has 0 saturated carbocycles. The topological polar surface area (TPSA) is 51.0 Å². The monoisotopic (exact) mass is 414 g/mol. The zero-order valence-corrected chi connectivity index (χ0v) is 17.8. The van der Waals surface area contributed by atoms with Gasteiger partial charge in [-0.15, -0.1) is 10.2 Å². The Morgan fingerprint density at radius 1 is 1.07 bits per heavy atom. The molecular formula is C21H23ClN4OS. The Morgan fingerprint density at radius 2 is 1.75 bits per heavy atom. The minimum absolute atomic E-state index is 0.0913. The minimum Gasteiger partial charge on any atom is -0.343 e. The molecule has 1 aromatic heterocycles. The van der Waals surface area contributed by atoms with Gasteiger partial charge in [0.15, 0.2) is 11.0 Å². The number of thioether (sulfide) groups is 1. The van der Waals surface area contributed by atoms with Gasteiger partial charge in [-0.1, -0.05) is 53.7 Å². The van der Waals surface area contributed by atoms with E-state index >= 15 is 0 Å². The zero-order chi connectivity index (χ0) is 20.1. The van der Waals surface area contributed by atoms with E-state index in [9.17, 15) is 4.79 Å². The van der Waals surface area contributed by atoms with Crippen LogP contribution in [0, 0.1) is 6.92 Å². The van der Waals surface area contributed by atoms with Crippen LogP contribution in [0.2, 0.25) is 5.02 Å². The van der Waals surface area contributed by atoms with Crippen LogP contribution < -0.4 is 0 Å². The first-order valence-corrected chi connectivity index (χ1v) is 10.6. The molecule has 0 bridgehead atoms. The number of hydrogen-bond donors (Lipinski definition) is 0. The van der Waals surface area contributed by atoms with Crippen LogP contribution in [0.25, 0.3) is 17.1 Å². The van der Waals surface area contributed by atoms with Crippen molar-refractivity contribution in [3.63, 3.8) is 0 Å². The molecule has 0 aliphatic rings. The Labute approximate surface area is 174 Å². The SMILES string of the molecule is CCN(CC)C(=O)CSc1nnc(-c2ccccc2Cl)n1-c1ccccc1C. The molecule has 1 amide bonds. The van der Waals surface area contributed by atoms with Crippen molar-refractivity contribution in [3.8, 4) is 17.1 Å². The van der Waals surface area contributed by atoms with E-state index in [1.165, 1.54) is 11.8 Å². The van der Waals surface area contributed by atoms with Crippen molar-refractivity contribution in [2.75, 3.05) is 18.8 Å². The summed E-state index contributed by atoms with van der Waals surface area (Å²) < 4.78 is 1.98. The van der Waals surface area contributed by atoms with Crippen LogP contribution in [0.5, 0.6) is 0 Å². The van der Waals surface area contributed by atoms with E-state index in [0.717, 1.165) is 16.8 Å². The molecule has 146 valence electrons. The van der Waals surface area contributed by atoms with Crippen LogP contribution in [0.15, 0.2) is 53.7 Å². The first kappa shape index (κ1) is 20.4. The molecule has 3 aromatic rings. The van der Waals surface area contributed by atoms with Crippen LogP contribution in [-0.2, 0) is 4.79 Å². The normalized spacial score (nSPS) is 10.9. The lowest BCUT2D eigenvalue weighted by atomic mass is 10.1. The Hall–Kier alpha value is -2.31. The molecule has 0 N–H and O–H groups in total. The maximum Gasteiger partial charge on any atom is 0.233 e. The third-order valence-electron chi connectivity index (χ3n) is 4.55. The van der Waals surface area contributed by atoms with Crippen molar-refractivity contribution in [3.05, 3.63) is 59.1 Å². The van der Waals surface area contributed by atoms with Gasteiger partial charge in [-0.3, -0.25) is 9.36 Å². The number of carbonyl (C=O) groups excluding carboxylic acids is 1. The van der Waals surface area contributed by atoms with Gasteiger partial charge in [0, 0.05) is 18.7 Å². The highest BCUT2D eigenvalue weighted by atomic mass is 35.5. The van der Waals surface area contributed by atoms with E-state index in [1.54, 1.807) is 0 Å². The second kappa shape index (κ2) is 9.26. The fourth-order valence-corrected chi connectivity index (χ4v) is 4.07. The molecule has 0 aliphatic carbocycles. The van der Waals surface area contributed by atoms with Gasteiger partial charge in [-0.25, -0.2) is 0 Å². The average Bonchev–Trinajstić information content (AvgIpc) is 3.11. The van der Waals surface area contributed by atoms with E-state index in [2.05, 4.69) is 10.2 Å². The summed E-state index contributed by atoms with van der Waals surface area (Å²) in [7, 11) is 0. The highest BCUT2D eigenvalue weighted by molar-refractivity contribution is 7.99. The number of amides is 1. The van der Waals surface area contributed by atoms with E-state index in [0.29, 0.717) is 34.8 Å². The molecule has 0 atom stereocenters. The van der Waals surface area contributed by atoms with Crippen molar-refractivity contribution in [2.24, 2.45) is 0 Å². The average molecular weight is 415 g/mol. The van der Waals surface area contributed by atoms with Gasteiger partial charge in [0.05, 0.1) is 16.5 Å². The number of nitrogens with zero attached hydrogens (tertiary/aromatic N) is 4. The van der Waals surface area contributed by atoms with Gasteiger partial charge < -0.3 is 4.90 Å². The van der Waals surface area contributed by atoms with Crippen LogP contribution in [0.3, 0.4) is 0 Å². The number of aromatic nitrogens is 3. The minimum atomic E-state index is 0.0913. The number of para-hydroxylation sites is 1. The smallest absolute Gasteiger partial charge is 0.233 e. The Balaban J connectivity index is 2.03. The van der Waals surface area contributed by atoms with Gasteiger partial charge in [0.25, 0.3) is 0 Å². The summed E-state index contributed by atoms with van der Waals surface area (Å²) in [4.78, 5) is 14.3. The van der Waals surface area contributed by atoms with Crippen LogP contribution in [-0.4, -0.2) is 44.4 Å². The summed E-state index contributed by atoms with van der Waals surface area (Å²) in [5.41, 5.74) is 2.87. The molecule has 5 nitrogen and oxygen atoms in total. The van der Waals surface area contributed by atoms with Gasteiger partial charge in [0.1, 0.15) is 0 Å². The van der Waals surface area contributed by atoms with Gasteiger partial charge in [0.2, 0.25) is 5.91 Å². The van der Waals surface area contributed by atoms with Gasteiger partial charge >= 0.3 is 0 Å². The molecule has 28 heavy (non-hydrogen) atoms. The fraction of sp³-hybridized carbons (Fsp3) is 0.286. The lowest BCUT2D eigenvalue weighted by Gasteiger charge is -2.18. The molecular weight excluding hydrogens is 392 g/mol. The van der Waals surface area contributed by atoms with Crippen LogP contribution >= 0.6 is 23.4 Å². The first-order valence-electron chi connectivity index (χ1n) is 9.23. The second-order valence-electron chi connectivity index (χ2n) is 6.26. The number of rotatable bonds is 7. The Kier molecular flexibility index (Phi) is 6.75. The quantitative estimate of drug-likeness (QED) is 0.518. The Morgan fingerprint density at radius 3 is 2.43 bits per heavy atom. The van der Waals surface area contributed by atoms with Gasteiger partial charge in [-0.2, -0.15) is 0 Å². The van der Waals surface area contributed by atoms with Crippen molar-refractivity contribution in [1.82, 2.24) is 19.7 Å². The molecule has 0 fully saturated rings. The molecule has 0 spiro atoms. The second-order valence-corrected chi connectivity index (χ2v) is 7.61. The third-order valence-corrected chi connectivity index (χ3v) is 5.79. The largest absolute Gasteiger partial charge is 0.343 e. The first-order chi connectivity index (χ1) is 13.6. The maximum absolute atomic E-state index is 12.5. The lowest BCUT2D eigenvalue weighted by molar-refractivity contribution is -0.127. The van der Waals surface area contributed by atoms with Crippen molar-refractivity contribution in [2.45, 2.75) is 25.9 Å². The highest BCUT2D eigenvalue weighted by Gasteiger charge is 2.20. The summed E-state index contributed by atoms with van der Waals surface area (Å²) in [6, 6.07) is 15.6. The zero-order valence-electron chi connectivity index (χ0n) is 16.2. The summed E-state index contributed by atoms with van der Waals surface area (Å²) in [5.74, 6) is 1.07. The van der Waals surface area contributed by atoms with Gasteiger partial charge in [-0.05, 0) is 44.5 Å². The number of aryl methyl sites for hydroxylation is 1. The molecule has 0 unspecified atom stereocenters. The van der Waals surface area contributed by atoms with Crippen LogP contribution in [0.4, 0.5) is 0 Å². The van der Waals surface area contributed by atoms with E-state index < -0.39 is 0 Å². The molecule has 0 saturated heterocycles. The molecule has 0 radical (unpaired) electrons. The Bertz CT molecular complexity index is 969. The number of benzene rings is 2. The maximum atomic E-state index is 12.5. The van der Waals surface area contributed by atoms with Crippen molar-refractivity contribution < 1.29 is 4.79 Å². The predicted octanol–water partition coefficient (Wildman–Crippen LogP) is 4.86. The molecule has 3 rings (SSSR count). The fourth-order valence-electron chi connectivity index (χ4n) is 3.01. The summed E-state index contributed by atoms with van der Waals surface area (Å²) in [5, 5.41) is 10.1. The van der Waals surface area contributed by atoms with Crippen LogP contribution in [0.1, 0.15) is 19.4 Å². The number of halogens is 1. The molecule has 2 aromatic carbocycles. The van der Waals surface area contributed by atoms with E-state index in [-0.39, 0.29) is 5.91 Å². The molecule has 0 aliphatic heterocycles. The number of carbonyl (C=O) groups is 1. The standard InChI is InChI=1S/C21H23ClN4OS/c1-4-25(5-2)19(27)14-28-21-24-23-20(16-11-7-8-12-17(16)22)26(21)18-13-9-6-10-15(18)3/h6-13H,4-5,14H2,1-3H3. The summed E-state index contributed by atoms with van der Waals surface area (Å²) in [6.07, 6.45) is 0. The summed E-state index contributed by atoms with van der Waals surface area (Å²) >= 11 is 7.82. The van der Waals surface area contributed by atoms with Crippen molar-refractivity contribution >= 4 is 29.3 Å².